The predicted molar refractivity (Wildman–Crippen MR) is 48.6 cm³/mol. The Bertz CT molecular complexity index is 174. The van der Waals surface area contributed by atoms with E-state index in [2.05, 4.69) is 4.74 Å². The summed E-state index contributed by atoms with van der Waals surface area (Å²) in [6.45, 7) is 3.60. The summed E-state index contributed by atoms with van der Waals surface area (Å²) in [6, 6.07) is 0. The molecule has 0 bridgehead atoms. The van der Waals surface area contributed by atoms with Gasteiger partial charge >= 0.3 is 6.18 Å². The van der Waals surface area contributed by atoms with Gasteiger partial charge in [-0.1, -0.05) is 0 Å². The molecule has 1 atom stereocenters. The van der Waals surface area contributed by atoms with E-state index in [1.54, 1.807) is 20.8 Å². The molecule has 0 saturated carbocycles. The maximum absolute atomic E-state index is 11.6. The van der Waals surface area contributed by atoms with Crippen molar-refractivity contribution in [3.05, 3.63) is 0 Å². The van der Waals surface area contributed by atoms with E-state index in [0.29, 0.717) is 0 Å². The number of halogens is 3. The third-order valence-corrected chi connectivity index (χ3v) is 1.28. The van der Waals surface area contributed by atoms with E-state index in [9.17, 15) is 18.3 Å². The highest BCUT2D eigenvalue weighted by atomic mass is 19.4. The summed E-state index contributed by atoms with van der Waals surface area (Å²) in [5.74, 6) is 0. The number of hydrogen-bond donors (Lipinski definition) is 1. The molecule has 3 nitrogen and oxygen atoms in total. The average molecular weight is 230 g/mol. The maximum Gasteiger partial charge on any atom is 0.411 e. The molecule has 6 heteroatoms. The van der Waals surface area contributed by atoms with Crippen LogP contribution in [0.2, 0.25) is 0 Å². The second-order valence-electron chi connectivity index (χ2n) is 4.21. The smallest absolute Gasteiger partial charge is 0.388 e. The topological polar surface area (TPSA) is 38.7 Å². The van der Waals surface area contributed by atoms with Crippen LogP contribution < -0.4 is 0 Å². The summed E-state index contributed by atoms with van der Waals surface area (Å²) < 4.78 is 44.4. The molecule has 0 aromatic carbocycles. The predicted octanol–water partition coefficient (Wildman–Crippen LogP) is 1.74. The molecule has 0 heterocycles. The molecule has 0 aliphatic heterocycles. The number of hydrogen-bond acceptors (Lipinski definition) is 3. The Morgan fingerprint density at radius 2 is 1.67 bits per heavy atom. The van der Waals surface area contributed by atoms with E-state index in [-0.39, 0.29) is 13.2 Å². The second kappa shape index (κ2) is 5.67. The molecule has 0 aliphatic carbocycles. The minimum absolute atomic E-state index is 0.0403. The fourth-order valence-corrected chi connectivity index (χ4v) is 0.705. The highest BCUT2D eigenvalue weighted by Gasteiger charge is 2.27. The lowest BCUT2D eigenvalue weighted by molar-refractivity contribution is -0.182. The monoisotopic (exact) mass is 230 g/mol. The lowest BCUT2D eigenvalue weighted by Gasteiger charge is -2.22. The Labute approximate surface area is 87.2 Å². The molecule has 0 aromatic heterocycles. The molecule has 1 N–H and O–H groups in total. The quantitative estimate of drug-likeness (QED) is 0.781. The van der Waals surface area contributed by atoms with Crippen LogP contribution in [-0.2, 0) is 9.47 Å². The first-order valence-electron chi connectivity index (χ1n) is 4.57. The molecule has 0 spiro atoms. The molecule has 0 amide bonds. The first-order valence-corrected chi connectivity index (χ1v) is 4.57. The second-order valence-corrected chi connectivity index (χ2v) is 4.21. The Morgan fingerprint density at radius 1 is 1.13 bits per heavy atom. The Morgan fingerprint density at radius 3 is 2.07 bits per heavy atom. The number of alkyl halides is 3. The van der Waals surface area contributed by atoms with Crippen molar-refractivity contribution in [2.24, 2.45) is 0 Å². The minimum Gasteiger partial charge on any atom is -0.388 e. The van der Waals surface area contributed by atoms with Gasteiger partial charge in [-0.15, -0.1) is 0 Å². The standard InChI is InChI=1S/C9H17F3O3/c1-8(2,3)15-5-7(13)4-14-6-9(10,11)12/h7,13H,4-6H2,1-3H3/t7-/m1/s1. The zero-order valence-corrected chi connectivity index (χ0v) is 9.10. The van der Waals surface area contributed by atoms with E-state index < -0.39 is 24.5 Å². The first-order chi connectivity index (χ1) is 6.60. The van der Waals surface area contributed by atoms with Crippen LogP contribution in [0.4, 0.5) is 13.2 Å². The summed E-state index contributed by atoms with van der Waals surface area (Å²) in [7, 11) is 0. The summed E-state index contributed by atoms with van der Waals surface area (Å²) in [6.07, 6.45) is -5.39. The van der Waals surface area contributed by atoms with Crippen molar-refractivity contribution in [1.29, 1.82) is 0 Å². The largest absolute Gasteiger partial charge is 0.411 e. The molecule has 92 valence electrons. The third kappa shape index (κ3) is 11.6. The van der Waals surface area contributed by atoms with Crippen LogP contribution in [0.25, 0.3) is 0 Å². The van der Waals surface area contributed by atoms with E-state index in [4.69, 9.17) is 4.74 Å². The van der Waals surface area contributed by atoms with Gasteiger partial charge in [0.2, 0.25) is 0 Å². The highest BCUT2D eigenvalue weighted by molar-refractivity contribution is 4.62. The van der Waals surface area contributed by atoms with Gasteiger partial charge in [-0.2, -0.15) is 13.2 Å². The summed E-state index contributed by atoms with van der Waals surface area (Å²) in [4.78, 5) is 0. The zero-order valence-electron chi connectivity index (χ0n) is 9.10. The molecule has 0 aliphatic rings. The Balaban J connectivity index is 3.54. The molecular formula is C9H17F3O3. The minimum atomic E-state index is -4.36. The summed E-state index contributed by atoms with van der Waals surface area (Å²) in [5.41, 5.74) is -0.426. The molecule has 0 saturated heterocycles. The SMILES string of the molecule is CC(C)(C)OC[C@H](O)COCC(F)(F)F. The fraction of sp³-hybridized carbons (Fsp3) is 1.00. The van der Waals surface area contributed by atoms with Crippen molar-refractivity contribution in [3.63, 3.8) is 0 Å². The van der Waals surface area contributed by atoms with Crippen molar-refractivity contribution in [3.8, 4) is 0 Å². The molecule has 0 aromatic rings. The van der Waals surface area contributed by atoms with Gasteiger partial charge in [-0.3, -0.25) is 0 Å². The molecule has 0 rings (SSSR count). The van der Waals surface area contributed by atoms with Gasteiger partial charge in [0.25, 0.3) is 0 Å². The molecule has 0 unspecified atom stereocenters. The molecule has 15 heavy (non-hydrogen) atoms. The molecule has 0 fully saturated rings. The van der Waals surface area contributed by atoms with E-state index in [1.807, 2.05) is 0 Å². The number of aliphatic hydroxyl groups excluding tert-OH is 1. The van der Waals surface area contributed by atoms with Crippen LogP contribution in [0.3, 0.4) is 0 Å². The van der Waals surface area contributed by atoms with Gasteiger partial charge < -0.3 is 14.6 Å². The van der Waals surface area contributed by atoms with Gasteiger partial charge in [0.05, 0.1) is 18.8 Å². The van der Waals surface area contributed by atoms with Crippen LogP contribution >= 0.6 is 0 Å². The number of ether oxygens (including phenoxy) is 2. The van der Waals surface area contributed by atoms with Crippen molar-refractivity contribution in [2.45, 2.75) is 38.7 Å². The Hall–Kier alpha value is -0.330. The zero-order chi connectivity index (χ0) is 12.1. The van der Waals surface area contributed by atoms with Crippen molar-refractivity contribution in [1.82, 2.24) is 0 Å². The van der Waals surface area contributed by atoms with Crippen LogP contribution in [0.15, 0.2) is 0 Å². The van der Waals surface area contributed by atoms with E-state index in [0.717, 1.165) is 0 Å². The summed E-state index contributed by atoms with van der Waals surface area (Å²) in [5, 5.41) is 9.19. The average Bonchev–Trinajstić information content (AvgIpc) is 1.97. The van der Waals surface area contributed by atoms with E-state index >= 15 is 0 Å². The third-order valence-electron chi connectivity index (χ3n) is 1.28. The normalized spacial score (nSPS) is 15.4. The molecular weight excluding hydrogens is 213 g/mol. The van der Waals surface area contributed by atoms with Gasteiger partial charge in [0.15, 0.2) is 0 Å². The fourth-order valence-electron chi connectivity index (χ4n) is 0.705. The number of aliphatic hydroxyl groups is 1. The van der Waals surface area contributed by atoms with E-state index in [1.165, 1.54) is 0 Å². The van der Waals surface area contributed by atoms with Crippen LogP contribution in [0.1, 0.15) is 20.8 Å². The van der Waals surface area contributed by atoms with Crippen molar-refractivity contribution < 1.29 is 27.8 Å². The lowest BCUT2D eigenvalue weighted by Crippen LogP contribution is -2.30. The van der Waals surface area contributed by atoms with Gasteiger partial charge in [0.1, 0.15) is 12.7 Å². The lowest BCUT2D eigenvalue weighted by atomic mass is 10.2. The highest BCUT2D eigenvalue weighted by Crippen LogP contribution is 2.14. The van der Waals surface area contributed by atoms with Crippen LogP contribution in [0.5, 0.6) is 0 Å². The maximum atomic E-state index is 11.6. The van der Waals surface area contributed by atoms with Crippen LogP contribution in [-0.4, -0.2) is 42.8 Å². The van der Waals surface area contributed by atoms with Crippen LogP contribution in [0, 0.1) is 0 Å². The van der Waals surface area contributed by atoms with Gasteiger partial charge in [-0.25, -0.2) is 0 Å². The number of rotatable bonds is 5. The van der Waals surface area contributed by atoms with Crippen molar-refractivity contribution >= 4 is 0 Å². The van der Waals surface area contributed by atoms with Gasteiger partial charge in [-0.05, 0) is 20.8 Å². The van der Waals surface area contributed by atoms with Crippen molar-refractivity contribution in [2.75, 3.05) is 19.8 Å². The molecule has 0 radical (unpaired) electrons. The first kappa shape index (κ1) is 14.7. The summed E-state index contributed by atoms with van der Waals surface area (Å²) >= 11 is 0. The Kier molecular flexibility index (Phi) is 5.55. The van der Waals surface area contributed by atoms with Gasteiger partial charge in [0, 0.05) is 0 Å².